The summed E-state index contributed by atoms with van der Waals surface area (Å²) in [5.74, 6) is -0.154. The first-order valence-corrected chi connectivity index (χ1v) is 12.9. The molecule has 0 aliphatic heterocycles. The van der Waals surface area contributed by atoms with E-state index in [9.17, 15) is 9.18 Å². The number of benzene rings is 2. The van der Waals surface area contributed by atoms with Crippen molar-refractivity contribution in [1.29, 1.82) is 0 Å². The van der Waals surface area contributed by atoms with Crippen molar-refractivity contribution in [2.24, 2.45) is 5.92 Å². The van der Waals surface area contributed by atoms with Crippen LogP contribution < -0.4 is 5.32 Å². The van der Waals surface area contributed by atoms with Gasteiger partial charge in [-0.05, 0) is 54.6 Å². The summed E-state index contributed by atoms with van der Waals surface area (Å²) >= 11 is 1.53. The summed E-state index contributed by atoms with van der Waals surface area (Å²) < 4.78 is 21.1. The molecule has 4 rings (SSSR count). The first-order chi connectivity index (χ1) is 17.5. The number of thioether (sulfide) groups is 1. The molecular formula is C28H29FN4O2S. The second-order valence-electron chi connectivity index (χ2n) is 8.46. The molecular weight excluding hydrogens is 475 g/mol. The summed E-state index contributed by atoms with van der Waals surface area (Å²) in [5.41, 5.74) is 4.35. The highest BCUT2D eigenvalue weighted by Gasteiger charge is 2.21. The van der Waals surface area contributed by atoms with Gasteiger partial charge in [-0.15, -0.1) is 0 Å². The largest absolute Gasteiger partial charge is 0.383 e. The van der Waals surface area contributed by atoms with E-state index in [0.717, 1.165) is 33.2 Å². The summed E-state index contributed by atoms with van der Waals surface area (Å²) in [6, 6.07) is 20.0. The van der Waals surface area contributed by atoms with Crippen LogP contribution in [0, 0.1) is 11.7 Å². The molecule has 8 heteroatoms. The number of anilines is 1. The monoisotopic (exact) mass is 504 g/mol. The van der Waals surface area contributed by atoms with Crippen LogP contribution in [-0.4, -0.2) is 40.4 Å². The van der Waals surface area contributed by atoms with E-state index in [1.54, 1.807) is 25.4 Å². The third-order valence-corrected chi connectivity index (χ3v) is 6.55. The number of hydrogen-bond donors (Lipinski definition) is 1. The van der Waals surface area contributed by atoms with Crippen LogP contribution in [0.1, 0.15) is 12.5 Å². The zero-order chi connectivity index (χ0) is 25.5. The number of pyridine rings is 1. The number of methoxy groups -OCH3 is 1. The van der Waals surface area contributed by atoms with Crippen LogP contribution in [-0.2, 0) is 22.5 Å². The molecule has 0 aliphatic rings. The third-order valence-electron chi connectivity index (χ3n) is 5.87. The topological polar surface area (TPSA) is 69.0 Å². The number of ether oxygens (including phenoxy) is 1. The molecule has 0 spiro atoms. The van der Waals surface area contributed by atoms with Crippen molar-refractivity contribution in [2.45, 2.75) is 25.0 Å². The van der Waals surface area contributed by atoms with Crippen molar-refractivity contribution in [3.05, 3.63) is 84.3 Å². The second-order valence-corrected chi connectivity index (χ2v) is 9.23. The minimum absolute atomic E-state index is 0.0973. The first kappa shape index (κ1) is 25.6. The van der Waals surface area contributed by atoms with Crippen molar-refractivity contribution in [1.82, 2.24) is 14.5 Å². The van der Waals surface area contributed by atoms with Gasteiger partial charge < -0.3 is 14.6 Å². The van der Waals surface area contributed by atoms with Gasteiger partial charge in [-0.2, -0.15) is 0 Å². The summed E-state index contributed by atoms with van der Waals surface area (Å²) in [4.78, 5) is 22.2. The molecule has 6 nitrogen and oxygen atoms in total. The Kier molecular flexibility index (Phi) is 8.51. The maximum absolute atomic E-state index is 13.6. The van der Waals surface area contributed by atoms with Crippen molar-refractivity contribution in [2.75, 3.05) is 25.3 Å². The van der Waals surface area contributed by atoms with Gasteiger partial charge in [0.2, 0.25) is 5.91 Å². The summed E-state index contributed by atoms with van der Waals surface area (Å²) in [6.07, 6.45) is 4.28. The number of hydrogen-bond acceptors (Lipinski definition) is 5. The van der Waals surface area contributed by atoms with Crippen molar-refractivity contribution in [3.8, 4) is 22.5 Å². The Morgan fingerprint density at radius 1 is 1.11 bits per heavy atom. The number of nitrogens with zero attached hydrogens (tertiary/aromatic N) is 3. The Morgan fingerprint density at radius 2 is 1.86 bits per heavy atom. The van der Waals surface area contributed by atoms with Crippen LogP contribution in [0.5, 0.6) is 0 Å². The number of amides is 1. The highest BCUT2D eigenvalue weighted by molar-refractivity contribution is 7.98. The van der Waals surface area contributed by atoms with Gasteiger partial charge in [-0.3, -0.25) is 4.79 Å². The predicted molar refractivity (Wildman–Crippen MR) is 142 cm³/mol. The molecule has 1 unspecified atom stereocenters. The zero-order valence-corrected chi connectivity index (χ0v) is 21.4. The van der Waals surface area contributed by atoms with E-state index >= 15 is 0 Å². The smallest absolute Gasteiger partial charge is 0.228 e. The molecule has 1 amide bonds. The minimum atomic E-state index is -0.303. The lowest BCUT2D eigenvalue weighted by molar-refractivity contribution is -0.119. The lowest BCUT2D eigenvalue weighted by atomic mass is 10.0. The average molecular weight is 505 g/mol. The number of aromatic nitrogens is 3. The molecule has 0 aliphatic carbocycles. The van der Waals surface area contributed by atoms with Crippen LogP contribution in [0.3, 0.4) is 0 Å². The first-order valence-electron chi connectivity index (χ1n) is 11.7. The summed E-state index contributed by atoms with van der Waals surface area (Å²) in [5, 5.41) is 3.78. The Labute approximate surface area is 214 Å². The molecule has 2 heterocycles. The molecule has 1 atom stereocenters. The highest BCUT2D eigenvalue weighted by atomic mass is 32.2. The van der Waals surface area contributed by atoms with Crippen molar-refractivity contribution < 1.29 is 13.9 Å². The number of rotatable bonds is 10. The molecule has 0 fully saturated rings. The quantitative estimate of drug-likeness (QED) is 0.271. The number of nitrogens with one attached hydrogen (secondary N) is 1. The Bertz CT molecular complexity index is 1310. The van der Waals surface area contributed by atoms with E-state index in [-0.39, 0.29) is 17.6 Å². The zero-order valence-electron chi connectivity index (χ0n) is 20.6. The number of imidazole rings is 1. The van der Waals surface area contributed by atoms with Crippen molar-refractivity contribution >= 4 is 23.5 Å². The Balaban J connectivity index is 1.67. The molecule has 0 saturated heterocycles. The predicted octanol–water partition coefficient (Wildman–Crippen LogP) is 5.94. The lowest BCUT2D eigenvalue weighted by Gasteiger charge is -2.14. The Morgan fingerprint density at radius 3 is 2.56 bits per heavy atom. The fourth-order valence-corrected chi connectivity index (χ4v) is 4.62. The normalized spacial score (nSPS) is 11.9. The minimum Gasteiger partial charge on any atom is -0.383 e. The van der Waals surface area contributed by atoms with Crippen molar-refractivity contribution in [3.63, 3.8) is 0 Å². The standard InChI is InChI=1S/C28H29FN4O2S/c1-19(17-20-7-5-4-6-8-20)27(34)31-24-18-22(13-14-30-24)26-25(21-9-11-23(29)12-10-21)32-28(36-3)33(26)15-16-35-2/h4-14,18-19H,15-17H2,1-3H3,(H,30,31,34). The van der Waals surface area contributed by atoms with Gasteiger partial charge in [0.1, 0.15) is 11.6 Å². The fraction of sp³-hybridized carbons (Fsp3) is 0.250. The van der Waals surface area contributed by atoms with Gasteiger partial charge in [0.25, 0.3) is 0 Å². The molecule has 186 valence electrons. The molecule has 0 bridgehead atoms. The fourth-order valence-electron chi connectivity index (χ4n) is 4.04. The maximum Gasteiger partial charge on any atom is 0.228 e. The van der Waals surface area contributed by atoms with E-state index in [2.05, 4.69) is 14.9 Å². The van der Waals surface area contributed by atoms with Gasteiger partial charge >= 0.3 is 0 Å². The molecule has 2 aromatic carbocycles. The second kappa shape index (κ2) is 12.0. The van der Waals surface area contributed by atoms with E-state index in [1.165, 1.54) is 23.9 Å². The number of carbonyl (C=O) groups excluding carboxylic acids is 1. The molecule has 2 aromatic heterocycles. The molecule has 1 N–H and O–H groups in total. The van der Waals surface area contributed by atoms with Crippen LogP contribution in [0.15, 0.2) is 78.1 Å². The number of halogens is 1. The molecule has 0 radical (unpaired) electrons. The average Bonchev–Trinajstić information content (AvgIpc) is 3.27. The van der Waals surface area contributed by atoms with Gasteiger partial charge in [-0.25, -0.2) is 14.4 Å². The van der Waals surface area contributed by atoms with Crippen LogP contribution >= 0.6 is 11.8 Å². The molecule has 0 saturated carbocycles. The third kappa shape index (κ3) is 6.01. The number of carbonyl (C=O) groups is 1. The lowest BCUT2D eigenvalue weighted by Crippen LogP contribution is -2.22. The van der Waals surface area contributed by atoms with Crippen LogP contribution in [0.4, 0.5) is 10.2 Å². The summed E-state index contributed by atoms with van der Waals surface area (Å²) in [7, 11) is 1.66. The van der Waals surface area contributed by atoms with E-state index in [0.29, 0.717) is 25.4 Å². The summed E-state index contributed by atoms with van der Waals surface area (Å²) in [6.45, 7) is 3.00. The molecule has 36 heavy (non-hydrogen) atoms. The van der Waals surface area contributed by atoms with Gasteiger partial charge in [0.15, 0.2) is 5.16 Å². The van der Waals surface area contributed by atoms with Crippen LogP contribution in [0.2, 0.25) is 0 Å². The Hall–Kier alpha value is -3.49. The van der Waals surface area contributed by atoms with E-state index < -0.39 is 0 Å². The highest BCUT2D eigenvalue weighted by Crippen LogP contribution is 2.36. The van der Waals surface area contributed by atoms with E-state index in [4.69, 9.17) is 9.72 Å². The molecule has 4 aromatic rings. The SMILES string of the molecule is COCCn1c(SC)nc(-c2ccc(F)cc2)c1-c1ccnc(NC(=O)C(C)Cc2ccccc2)c1. The van der Waals surface area contributed by atoms with Gasteiger partial charge in [0, 0.05) is 36.9 Å². The van der Waals surface area contributed by atoms with E-state index in [1.807, 2.05) is 55.6 Å². The van der Waals surface area contributed by atoms with Gasteiger partial charge in [0.05, 0.1) is 18.0 Å². The van der Waals surface area contributed by atoms with Crippen LogP contribution in [0.25, 0.3) is 22.5 Å². The van der Waals surface area contributed by atoms with Gasteiger partial charge in [-0.1, -0.05) is 49.0 Å². The maximum atomic E-state index is 13.6.